The van der Waals surface area contributed by atoms with Gasteiger partial charge in [-0.15, -0.1) is 0 Å². The van der Waals surface area contributed by atoms with E-state index in [1.165, 1.54) is 18.4 Å². The molecule has 6 aliphatic rings. The molecular formula is C39H43N3O7S. The van der Waals surface area contributed by atoms with Crippen LogP contribution < -0.4 is 14.8 Å². The van der Waals surface area contributed by atoms with Crippen LogP contribution in [-0.4, -0.2) is 79.7 Å². The van der Waals surface area contributed by atoms with Crippen molar-refractivity contribution in [3.05, 3.63) is 82.7 Å². The fourth-order valence-corrected chi connectivity index (χ4v) is 9.67. The highest BCUT2D eigenvalue weighted by Gasteiger charge is 2.73. The minimum absolute atomic E-state index is 0.0454. The summed E-state index contributed by atoms with van der Waals surface area (Å²) in [5.41, 5.74) is 3.71. The molecule has 1 unspecified atom stereocenters. The van der Waals surface area contributed by atoms with E-state index in [-0.39, 0.29) is 34.0 Å². The number of likely N-dealkylation sites (tertiary alicyclic amines) is 1. The number of Topliss-reactive ketones (excluding diaryl/α,β-unsaturated/α-hetero) is 1. The van der Waals surface area contributed by atoms with Gasteiger partial charge in [-0.05, 0) is 98.4 Å². The lowest BCUT2D eigenvalue weighted by Crippen LogP contribution is -2.76. The Morgan fingerprint density at radius 3 is 2.56 bits per heavy atom. The number of pyridine rings is 1. The average Bonchev–Trinajstić information content (AvgIpc) is 3.77. The highest BCUT2D eigenvalue weighted by Crippen LogP contribution is 2.64. The second-order valence-corrected chi connectivity index (χ2v) is 15.7. The molecule has 10 nitrogen and oxygen atoms in total. The molecule has 3 aromatic rings. The Balaban J connectivity index is 0.000000144. The molecule has 11 heteroatoms. The summed E-state index contributed by atoms with van der Waals surface area (Å²) in [5.74, 6) is 1.96. The van der Waals surface area contributed by atoms with Gasteiger partial charge in [-0.2, -0.15) is 0 Å². The van der Waals surface area contributed by atoms with Crippen molar-refractivity contribution in [3.8, 4) is 17.2 Å². The van der Waals surface area contributed by atoms with Gasteiger partial charge in [-0.25, -0.2) is 0 Å². The number of nitrogens with one attached hydrogen (secondary N) is 1. The summed E-state index contributed by atoms with van der Waals surface area (Å²) in [6.45, 7) is 4.63. The Bertz CT molecular complexity index is 1810. The summed E-state index contributed by atoms with van der Waals surface area (Å²) < 4.78 is 11.8. The molecule has 4 heterocycles. The number of rotatable bonds is 9. The van der Waals surface area contributed by atoms with Crippen LogP contribution in [0.3, 0.4) is 0 Å². The van der Waals surface area contributed by atoms with Gasteiger partial charge in [-0.1, -0.05) is 43.0 Å². The Kier molecular flexibility index (Phi) is 8.64. The van der Waals surface area contributed by atoms with Crippen molar-refractivity contribution >= 4 is 28.7 Å². The zero-order valence-corrected chi connectivity index (χ0v) is 29.0. The molecule has 1 spiro atoms. The fourth-order valence-electron chi connectivity index (χ4n) is 8.81. The standard InChI is InChI=1S/C20H23NO4.C19H20N2O3S/c22-13-4-3-12-9-15-20(24)6-5-14(23)18-19(20,16(12)17(13)25-18)7-8-21(15)10-11-1-2-11;1-2-13-3-6-15(20-12-13)9-10-24-16-7-4-14(5-8-16)11-17-18(22)21-19(23)25-17/h3-4,11,15,18,22,24H,1-2,5-10H2;3-8,12,17H,2,9-11H2,1H3,(H,21,22,23)/t15-,18+,19+,20-;/m1./s1. The van der Waals surface area contributed by atoms with Crippen molar-refractivity contribution in [2.75, 3.05) is 19.7 Å². The number of phenols is 1. The topological polar surface area (TPSA) is 138 Å². The maximum atomic E-state index is 12.7. The van der Waals surface area contributed by atoms with Crippen LogP contribution in [0.15, 0.2) is 54.7 Å². The summed E-state index contributed by atoms with van der Waals surface area (Å²) in [6, 6.07) is 15.5. The number of imide groups is 1. The quantitative estimate of drug-likeness (QED) is 0.289. The van der Waals surface area contributed by atoms with Crippen LogP contribution in [0.4, 0.5) is 4.79 Å². The van der Waals surface area contributed by atoms with Crippen molar-refractivity contribution < 1.29 is 34.1 Å². The van der Waals surface area contributed by atoms with E-state index < -0.39 is 17.1 Å². The van der Waals surface area contributed by atoms with Crippen LogP contribution in [0.5, 0.6) is 17.2 Å². The monoisotopic (exact) mass is 697 g/mol. The number of amides is 2. The molecule has 2 saturated carbocycles. The van der Waals surface area contributed by atoms with Crippen molar-refractivity contribution in [3.63, 3.8) is 0 Å². The van der Waals surface area contributed by atoms with Gasteiger partial charge in [0.15, 0.2) is 23.4 Å². The number of aryl methyl sites for hydroxylation is 1. The van der Waals surface area contributed by atoms with Crippen LogP contribution in [-0.2, 0) is 40.7 Å². The largest absolute Gasteiger partial charge is 0.504 e. The Hall–Kier alpha value is -3.93. The van der Waals surface area contributed by atoms with Gasteiger partial charge >= 0.3 is 0 Å². The third-order valence-corrected chi connectivity index (χ3v) is 12.6. The molecule has 3 N–H and O–H groups in total. The van der Waals surface area contributed by atoms with E-state index in [1.807, 2.05) is 42.6 Å². The molecule has 3 aliphatic heterocycles. The van der Waals surface area contributed by atoms with Gasteiger partial charge < -0.3 is 19.7 Å². The lowest BCUT2D eigenvalue weighted by molar-refractivity contribution is -0.188. The molecule has 2 aromatic carbocycles. The second kappa shape index (κ2) is 13.0. The summed E-state index contributed by atoms with van der Waals surface area (Å²) >= 11 is 1.05. The van der Waals surface area contributed by atoms with Crippen LogP contribution >= 0.6 is 11.8 Å². The number of carbonyl (C=O) groups excluding carboxylic acids is 3. The predicted molar refractivity (Wildman–Crippen MR) is 188 cm³/mol. The van der Waals surface area contributed by atoms with Gasteiger partial charge in [0, 0.05) is 42.9 Å². The summed E-state index contributed by atoms with van der Waals surface area (Å²) in [4.78, 5) is 42.4. The molecule has 262 valence electrons. The molecular weight excluding hydrogens is 655 g/mol. The van der Waals surface area contributed by atoms with Crippen molar-refractivity contribution in [2.45, 2.75) is 93.1 Å². The highest BCUT2D eigenvalue weighted by atomic mass is 32.2. The van der Waals surface area contributed by atoms with E-state index in [9.17, 15) is 24.6 Å². The maximum absolute atomic E-state index is 12.7. The number of phenolic OH excluding ortho intramolecular Hbond substituents is 1. The van der Waals surface area contributed by atoms with Crippen molar-refractivity contribution in [1.29, 1.82) is 0 Å². The number of carbonyl (C=O) groups is 3. The van der Waals surface area contributed by atoms with E-state index >= 15 is 0 Å². The van der Waals surface area contributed by atoms with Gasteiger partial charge in [0.1, 0.15) is 5.75 Å². The van der Waals surface area contributed by atoms with Crippen molar-refractivity contribution in [1.82, 2.24) is 15.2 Å². The summed E-state index contributed by atoms with van der Waals surface area (Å²) in [6.07, 6.45) is 8.52. The third kappa shape index (κ3) is 5.77. The second-order valence-electron chi connectivity index (χ2n) is 14.6. The Morgan fingerprint density at radius 2 is 1.86 bits per heavy atom. The predicted octanol–water partition coefficient (Wildman–Crippen LogP) is 4.69. The summed E-state index contributed by atoms with van der Waals surface area (Å²) in [7, 11) is 0. The lowest BCUT2D eigenvalue weighted by Gasteiger charge is -2.62. The fraction of sp³-hybridized carbons (Fsp3) is 0.487. The Morgan fingerprint density at radius 1 is 1.06 bits per heavy atom. The molecule has 2 saturated heterocycles. The van der Waals surface area contributed by atoms with E-state index in [2.05, 4.69) is 28.2 Å². The molecule has 4 fully saturated rings. The van der Waals surface area contributed by atoms with Crippen LogP contribution in [0.1, 0.15) is 67.0 Å². The number of piperidine rings is 1. The first-order chi connectivity index (χ1) is 24.2. The first-order valence-electron chi connectivity index (χ1n) is 17.9. The molecule has 3 aliphatic carbocycles. The Labute approximate surface area is 295 Å². The molecule has 1 aromatic heterocycles. The first kappa shape index (κ1) is 33.2. The van der Waals surface area contributed by atoms with E-state index in [0.29, 0.717) is 31.6 Å². The van der Waals surface area contributed by atoms with Gasteiger partial charge in [0.25, 0.3) is 5.24 Å². The molecule has 5 atom stereocenters. The van der Waals surface area contributed by atoms with E-state index in [4.69, 9.17) is 9.47 Å². The van der Waals surface area contributed by atoms with Gasteiger partial charge in [0.2, 0.25) is 5.91 Å². The minimum atomic E-state index is -0.940. The minimum Gasteiger partial charge on any atom is -0.504 e. The number of benzene rings is 2. The molecule has 2 amide bonds. The zero-order valence-electron chi connectivity index (χ0n) is 28.2. The van der Waals surface area contributed by atoms with E-state index in [1.54, 1.807) is 6.07 Å². The number of nitrogens with zero attached hydrogens (tertiary/aromatic N) is 2. The van der Waals surface area contributed by atoms with Crippen LogP contribution in [0.25, 0.3) is 0 Å². The van der Waals surface area contributed by atoms with Gasteiger partial charge in [0.05, 0.1) is 22.9 Å². The lowest BCUT2D eigenvalue weighted by atomic mass is 9.49. The zero-order chi connectivity index (χ0) is 34.6. The number of hydrogen-bond acceptors (Lipinski definition) is 10. The average molecular weight is 698 g/mol. The number of aromatic nitrogens is 1. The van der Waals surface area contributed by atoms with Gasteiger partial charge in [-0.3, -0.25) is 29.6 Å². The van der Waals surface area contributed by atoms with Crippen LogP contribution in [0, 0.1) is 5.92 Å². The molecule has 50 heavy (non-hydrogen) atoms. The smallest absolute Gasteiger partial charge is 0.286 e. The molecule has 0 radical (unpaired) electrons. The maximum Gasteiger partial charge on any atom is 0.286 e. The first-order valence-corrected chi connectivity index (χ1v) is 18.7. The highest BCUT2D eigenvalue weighted by molar-refractivity contribution is 8.15. The number of aliphatic hydroxyl groups is 1. The van der Waals surface area contributed by atoms with Crippen molar-refractivity contribution in [2.24, 2.45) is 5.92 Å². The SMILES string of the molecule is CCc1ccc(CCOc2ccc(CC3SC(=O)NC3=O)cc2)nc1.O=C1CC[C@@]2(O)[C@H]3Cc4ccc(O)c5c4[C@@]2(CCN3CC2CC2)[C@H]1O5. The normalized spacial score (nSPS) is 29.1. The molecule has 9 rings (SSSR count). The molecule has 2 bridgehead atoms. The van der Waals surface area contributed by atoms with E-state index in [0.717, 1.165) is 84.6 Å². The summed E-state index contributed by atoms with van der Waals surface area (Å²) in [5, 5.41) is 24.0. The number of thioether (sulfide) groups is 1. The number of hydrogen-bond donors (Lipinski definition) is 3. The number of aromatic hydroxyl groups is 1. The number of ketones is 1. The third-order valence-electron chi connectivity index (χ3n) is 11.6. The number of ether oxygens (including phenoxy) is 2. The van der Waals surface area contributed by atoms with Crippen LogP contribution in [0.2, 0.25) is 0 Å².